The van der Waals surface area contributed by atoms with E-state index in [4.69, 9.17) is 34.9 Å². The zero-order chi connectivity index (χ0) is 79.0. The normalized spacial score (nSPS) is 14.5. The van der Waals surface area contributed by atoms with Gasteiger partial charge >= 0.3 is 30.0 Å². The molecule has 2 atom stereocenters. The summed E-state index contributed by atoms with van der Waals surface area (Å²) in [5.74, 6) is -3.14. The number of hydrogen-bond acceptors (Lipinski definition) is 21. The molecule has 0 saturated carbocycles. The highest BCUT2D eigenvalue weighted by molar-refractivity contribution is 7.23. The van der Waals surface area contributed by atoms with E-state index in [1.165, 1.54) is 81.7 Å². The maximum absolute atomic E-state index is 15.2. The van der Waals surface area contributed by atoms with Crippen molar-refractivity contribution in [2.24, 2.45) is 5.73 Å². The zero-order valence-corrected chi connectivity index (χ0v) is 65.2. The Morgan fingerprint density at radius 2 is 0.878 bits per heavy atom. The molecule has 18 rings (SSSR count). The van der Waals surface area contributed by atoms with E-state index in [0.29, 0.717) is 144 Å². The number of rotatable bonds is 17. The minimum atomic E-state index is -1.21. The monoisotopic (exact) mass is 1640 g/mol. The number of nitrogens with one attached hydrogen (secondary N) is 3. The largest absolute Gasteiger partial charge is 0.497 e. The number of amides is 7. The fourth-order valence-electron chi connectivity index (χ4n) is 14.7. The Labute approximate surface area is 675 Å². The summed E-state index contributed by atoms with van der Waals surface area (Å²) in [5.41, 5.74) is 16.4. The standard InChI is InChI=1S/C83H59F2N13O11S6/c1-107-50-18-7-41(8-19-50)69-66(75(100)101)90-72(113-69)46-11-24-55-53(29-32-97(61(55)36-46)82(105)94-79-88-58-27-17-49(85)39-65(58)112-79)43-14-28-63-59(34-43)89-80(110-63)95-83(106)98-33-30-54(56-25-12-47(37-62(56)98)73-91-67(76(102)103)70(114-73)42-9-20-51(108-2)21-10-42)44-13-26-57-64(38-44)111-78(87-57)93-81(104)96-31-3-4-40-5-6-45(35-60(40)96)74-92-68(71(86)99)77(115-74)109-52-22-15-48(84)16-23-52/h5-28,34-39,53-54H,3-4,29-33H2,1-2H3,(H2,86,99)(H,100,101)(H,102,103)(H,87,93,104)(H,88,94,105)(H,89,95,106). The molecule has 9 aromatic carbocycles. The van der Waals surface area contributed by atoms with Gasteiger partial charge in [-0.1, -0.05) is 93.9 Å². The van der Waals surface area contributed by atoms with Gasteiger partial charge in [0.15, 0.2) is 32.5 Å². The molecule has 15 aromatic rings. The lowest BCUT2D eigenvalue weighted by Gasteiger charge is -2.35. The Morgan fingerprint density at radius 1 is 0.435 bits per heavy atom. The van der Waals surface area contributed by atoms with Gasteiger partial charge < -0.3 is 30.2 Å². The van der Waals surface area contributed by atoms with E-state index in [2.05, 4.69) is 37.0 Å². The number of thiazole rings is 6. The van der Waals surface area contributed by atoms with Gasteiger partial charge in [-0.2, -0.15) is 0 Å². The number of benzene rings is 9. The summed E-state index contributed by atoms with van der Waals surface area (Å²) in [4.78, 5) is 117. The minimum Gasteiger partial charge on any atom is -0.497 e. The molecule has 0 aliphatic carbocycles. The van der Waals surface area contributed by atoms with Crippen LogP contribution in [0.15, 0.2) is 182 Å². The Hall–Kier alpha value is -13.0. The molecule has 7 N–H and O–H groups in total. The maximum Gasteiger partial charge on any atom is 0.356 e. The second-order valence-corrected chi connectivity index (χ2v) is 33.1. The lowest BCUT2D eigenvalue weighted by atomic mass is 9.84. The van der Waals surface area contributed by atoms with Crippen molar-refractivity contribution in [3.8, 4) is 74.9 Å². The third kappa shape index (κ3) is 14.3. The predicted molar refractivity (Wildman–Crippen MR) is 445 cm³/mol. The first-order chi connectivity index (χ1) is 55.8. The van der Waals surface area contributed by atoms with Crippen LogP contribution in [0.5, 0.6) is 22.3 Å². The second-order valence-electron chi connectivity index (χ2n) is 27.1. The molecular weight excluding hydrogens is 1590 g/mol. The molecule has 0 fully saturated rings. The van der Waals surface area contributed by atoms with Crippen molar-refractivity contribution < 1.29 is 62.0 Å². The number of urea groups is 3. The number of aryl methyl sites for hydroxylation is 1. The molecule has 9 heterocycles. The Kier molecular flexibility index (Phi) is 19.3. The number of methoxy groups -OCH3 is 2. The lowest BCUT2D eigenvalue weighted by molar-refractivity contribution is 0.0681. The molecule has 32 heteroatoms. The SMILES string of the molecule is COc1ccc(-c2sc(-c3ccc4c(c3)N(C(=O)Nc3nc5cc(C6CCN(C(=O)Nc7nc8ccc(F)cc8s7)c7cc(-c8nc(C(=O)O)c(-c9ccc(OC)cc9)s8)ccc76)ccc5s3)CCC4c3ccc4nc(NC(=O)N5CCCc6ccc(-c7nc(C(N)=O)c(Oc8ccc(F)cc8)s7)cc65)sc4c3)nc2C(=O)O)cc1. The van der Waals surface area contributed by atoms with Gasteiger partial charge in [-0.15, -0.1) is 22.7 Å². The molecule has 572 valence electrons. The van der Waals surface area contributed by atoms with Gasteiger partial charge in [-0.25, -0.2) is 62.7 Å². The molecule has 24 nitrogen and oxygen atoms in total. The number of hydrogen-bond donors (Lipinski definition) is 6. The molecule has 0 spiro atoms. The van der Waals surface area contributed by atoms with Gasteiger partial charge in [0.2, 0.25) is 5.06 Å². The van der Waals surface area contributed by atoms with E-state index in [1.807, 2.05) is 84.9 Å². The highest BCUT2D eigenvalue weighted by Crippen LogP contribution is 2.49. The van der Waals surface area contributed by atoms with Crippen molar-refractivity contribution in [3.05, 3.63) is 239 Å². The number of aromatic nitrogens is 6. The molecule has 2 unspecified atom stereocenters. The van der Waals surface area contributed by atoms with Gasteiger partial charge in [-0.05, 0) is 198 Å². The van der Waals surface area contributed by atoms with Crippen LogP contribution in [0.1, 0.15) is 90.4 Å². The fourth-order valence-corrected chi connectivity index (χ4v) is 20.4. The third-order valence-electron chi connectivity index (χ3n) is 20.2. The highest BCUT2D eigenvalue weighted by Gasteiger charge is 2.36. The van der Waals surface area contributed by atoms with Crippen LogP contribution in [0.4, 0.5) is 55.6 Å². The van der Waals surface area contributed by atoms with Gasteiger partial charge in [0.05, 0.1) is 54.6 Å². The molecule has 0 saturated heterocycles. The summed E-state index contributed by atoms with van der Waals surface area (Å²) in [6, 6.07) is 51.3. The number of carboxylic acids is 2. The van der Waals surface area contributed by atoms with Gasteiger partial charge in [-0.3, -0.25) is 35.4 Å². The average molecular weight is 1640 g/mol. The molecule has 115 heavy (non-hydrogen) atoms. The number of halogens is 2. The average Bonchev–Trinajstić information content (AvgIpc) is 1.75. The smallest absolute Gasteiger partial charge is 0.356 e. The first kappa shape index (κ1) is 73.5. The van der Waals surface area contributed by atoms with Crippen LogP contribution >= 0.6 is 68.0 Å². The second kappa shape index (κ2) is 30.2. The number of nitrogens with zero attached hydrogens (tertiary/aromatic N) is 9. The fraction of sp³-hybridized carbons (Fsp3) is 0.133. The van der Waals surface area contributed by atoms with E-state index in [-0.39, 0.29) is 52.2 Å². The van der Waals surface area contributed by atoms with Crippen LogP contribution in [0.25, 0.3) is 83.2 Å². The Bertz CT molecular complexity index is 6480. The topological polar surface area (TPSA) is 320 Å². The summed E-state index contributed by atoms with van der Waals surface area (Å²) in [6.45, 7) is 0.889. The molecule has 6 aromatic heterocycles. The minimum absolute atomic E-state index is 0.0874. The van der Waals surface area contributed by atoms with Gasteiger partial charge in [0, 0.05) is 65.2 Å². The number of nitrogens with two attached hydrogens (primary N) is 1. The van der Waals surface area contributed by atoms with E-state index in [9.17, 15) is 43.0 Å². The Morgan fingerprint density at radius 3 is 1.42 bits per heavy atom. The first-order valence-electron chi connectivity index (χ1n) is 35.9. The van der Waals surface area contributed by atoms with Crippen LogP contribution in [-0.2, 0) is 6.42 Å². The van der Waals surface area contributed by atoms with Crippen molar-refractivity contribution in [2.75, 3.05) is 64.5 Å². The van der Waals surface area contributed by atoms with Crippen LogP contribution in [0.3, 0.4) is 0 Å². The summed E-state index contributed by atoms with van der Waals surface area (Å²) >= 11 is 7.28. The van der Waals surface area contributed by atoms with Crippen molar-refractivity contribution in [1.82, 2.24) is 29.9 Å². The van der Waals surface area contributed by atoms with Crippen LogP contribution in [-0.4, -0.2) is 110 Å². The summed E-state index contributed by atoms with van der Waals surface area (Å²) < 4.78 is 46.9. The van der Waals surface area contributed by atoms with Crippen molar-refractivity contribution in [3.63, 3.8) is 0 Å². The number of carbonyl (C=O) groups excluding carboxylic acids is 4. The van der Waals surface area contributed by atoms with Crippen LogP contribution in [0, 0.1) is 11.6 Å². The van der Waals surface area contributed by atoms with E-state index in [0.717, 1.165) is 66.3 Å². The number of aromatic carboxylic acids is 2. The van der Waals surface area contributed by atoms with Crippen molar-refractivity contribution >= 4 is 167 Å². The molecular formula is C83H59F2N13O11S6. The number of carboxylic acid groups (broad SMARTS) is 2. The Balaban J connectivity index is 0.632. The lowest BCUT2D eigenvalue weighted by Crippen LogP contribution is -2.39. The molecule has 0 radical (unpaired) electrons. The molecule has 0 bridgehead atoms. The van der Waals surface area contributed by atoms with Crippen LogP contribution < -0.4 is 50.6 Å². The van der Waals surface area contributed by atoms with Crippen LogP contribution in [0.2, 0.25) is 0 Å². The molecule has 7 amide bonds. The number of carbonyl (C=O) groups is 6. The summed E-state index contributed by atoms with van der Waals surface area (Å²) in [6.07, 6.45) is 2.37. The highest BCUT2D eigenvalue weighted by atomic mass is 32.1. The maximum atomic E-state index is 15.2. The molecule has 3 aliphatic rings. The number of anilines is 6. The van der Waals surface area contributed by atoms with E-state index >= 15 is 4.79 Å². The quantitative estimate of drug-likeness (QED) is 0.0493. The van der Waals surface area contributed by atoms with Crippen molar-refractivity contribution in [1.29, 1.82) is 0 Å². The summed E-state index contributed by atoms with van der Waals surface area (Å²) in [7, 11) is 3.10. The number of primary amides is 1. The number of fused-ring (bicyclic) bond motifs is 6. The first-order valence-corrected chi connectivity index (χ1v) is 40.8. The molecule has 3 aliphatic heterocycles. The van der Waals surface area contributed by atoms with Gasteiger partial charge in [0.25, 0.3) is 5.91 Å². The van der Waals surface area contributed by atoms with E-state index in [1.54, 1.807) is 83.5 Å². The number of ether oxygens (including phenoxy) is 3. The predicted octanol–water partition coefficient (Wildman–Crippen LogP) is 19.9. The summed E-state index contributed by atoms with van der Waals surface area (Å²) in [5, 5.41) is 32.5. The van der Waals surface area contributed by atoms with Gasteiger partial charge in [0.1, 0.15) is 43.9 Å². The van der Waals surface area contributed by atoms with E-state index < -0.39 is 47.6 Å². The van der Waals surface area contributed by atoms with Crippen molar-refractivity contribution in [2.45, 2.75) is 37.5 Å². The zero-order valence-electron chi connectivity index (χ0n) is 60.3. The third-order valence-corrected chi connectivity index (χ3v) is 26.3.